The van der Waals surface area contributed by atoms with Crippen molar-refractivity contribution in [2.75, 3.05) is 18.5 Å². The molecule has 1 atom stereocenters. The van der Waals surface area contributed by atoms with Gasteiger partial charge in [0.2, 0.25) is 0 Å². The summed E-state index contributed by atoms with van der Waals surface area (Å²) in [4.78, 5) is 3.51. The summed E-state index contributed by atoms with van der Waals surface area (Å²) in [6, 6.07) is 3.73. The van der Waals surface area contributed by atoms with Gasteiger partial charge in [0.15, 0.2) is 5.79 Å². The molecule has 1 aromatic rings. The van der Waals surface area contributed by atoms with Crippen LogP contribution in [0, 0.1) is 0 Å². The molecule has 0 bridgehead atoms. The van der Waals surface area contributed by atoms with E-state index < -0.39 is 17.7 Å². The molecule has 106 valence electrons. The highest BCUT2D eigenvalue weighted by atomic mass is 19.4. The molecule has 4 nitrogen and oxygen atoms in total. The normalized spacial score (nSPS) is 22.5. The number of aromatic nitrogens is 1. The summed E-state index contributed by atoms with van der Waals surface area (Å²) in [7, 11) is 0. The van der Waals surface area contributed by atoms with Crippen LogP contribution in [0.5, 0.6) is 0 Å². The molecule has 0 radical (unpaired) electrons. The molecule has 1 N–H and O–H groups in total. The standard InChI is InChI=1S/C12H15F3N2O2/c1-11(2)18-7-8(19-11)6-16-10-5-3-4-9(17-10)12(13,14)15/h3-5,8H,6-7H2,1-2H3,(H,16,17). The maximum Gasteiger partial charge on any atom is 0.433 e. The van der Waals surface area contributed by atoms with Gasteiger partial charge in [-0.05, 0) is 26.0 Å². The molecule has 1 unspecified atom stereocenters. The van der Waals surface area contributed by atoms with Crippen LogP contribution in [0.2, 0.25) is 0 Å². The van der Waals surface area contributed by atoms with Crippen LogP contribution >= 0.6 is 0 Å². The Bertz CT molecular complexity index is 449. The zero-order chi connectivity index (χ0) is 14.1. The van der Waals surface area contributed by atoms with E-state index in [1.54, 1.807) is 13.8 Å². The molecule has 0 aromatic carbocycles. The first-order chi connectivity index (χ1) is 8.76. The molecular weight excluding hydrogens is 261 g/mol. The van der Waals surface area contributed by atoms with Gasteiger partial charge >= 0.3 is 6.18 Å². The Hall–Kier alpha value is -1.34. The van der Waals surface area contributed by atoms with E-state index in [0.29, 0.717) is 13.2 Å². The number of nitrogens with zero attached hydrogens (tertiary/aromatic N) is 1. The minimum absolute atomic E-state index is 0.170. The third-order valence-electron chi connectivity index (χ3n) is 2.62. The summed E-state index contributed by atoms with van der Waals surface area (Å²) in [5.41, 5.74) is -0.915. The topological polar surface area (TPSA) is 43.4 Å². The van der Waals surface area contributed by atoms with Crippen LogP contribution in [-0.4, -0.2) is 30.0 Å². The van der Waals surface area contributed by atoms with Gasteiger partial charge in [0, 0.05) is 6.54 Å². The monoisotopic (exact) mass is 276 g/mol. The lowest BCUT2D eigenvalue weighted by atomic mass is 10.3. The third kappa shape index (κ3) is 3.81. The summed E-state index contributed by atoms with van der Waals surface area (Å²) >= 11 is 0. The van der Waals surface area contributed by atoms with Crippen molar-refractivity contribution < 1.29 is 22.6 Å². The third-order valence-corrected chi connectivity index (χ3v) is 2.62. The van der Waals surface area contributed by atoms with E-state index in [-0.39, 0.29) is 11.9 Å². The van der Waals surface area contributed by atoms with E-state index in [4.69, 9.17) is 9.47 Å². The first kappa shape index (κ1) is 14.1. The molecule has 0 aliphatic carbocycles. The fourth-order valence-corrected chi connectivity index (χ4v) is 1.77. The van der Waals surface area contributed by atoms with Crippen LogP contribution in [0.15, 0.2) is 18.2 Å². The Morgan fingerprint density at radius 3 is 2.74 bits per heavy atom. The van der Waals surface area contributed by atoms with Crippen molar-refractivity contribution in [3.8, 4) is 0 Å². The van der Waals surface area contributed by atoms with Gasteiger partial charge in [0.25, 0.3) is 0 Å². The molecule has 19 heavy (non-hydrogen) atoms. The first-order valence-electron chi connectivity index (χ1n) is 5.86. The van der Waals surface area contributed by atoms with Crippen molar-refractivity contribution in [3.05, 3.63) is 23.9 Å². The van der Waals surface area contributed by atoms with Crippen LogP contribution in [-0.2, 0) is 15.7 Å². The van der Waals surface area contributed by atoms with Crippen LogP contribution in [0.4, 0.5) is 19.0 Å². The van der Waals surface area contributed by atoms with Crippen molar-refractivity contribution in [1.82, 2.24) is 4.98 Å². The molecule has 1 aromatic heterocycles. The van der Waals surface area contributed by atoms with E-state index >= 15 is 0 Å². The molecule has 0 saturated carbocycles. The maximum absolute atomic E-state index is 12.5. The summed E-state index contributed by atoms with van der Waals surface area (Å²) in [6.45, 7) is 4.32. The van der Waals surface area contributed by atoms with Gasteiger partial charge in [-0.1, -0.05) is 6.07 Å². The molecule has 1 fully saturated rings. The zero-order valence-corrected chi connectivity index (χ0v) is 10.6. The Balaban J connectivity index is 1.94. The second kappa shape index (κ2) is 4.97. The quantitative estimate of drug-likeness (QED) is 0.921. The minimum Gasteiger partial charge on any atom is -0.367 e. The Morgan fingerprint density at radius 2 is 2.16 bits per heavy atom. The van der Waals surface area contributed by atoms with Gasteiger partial charge in [-0.2, -0.15) is 13.2 Å². The van der Waals surface area contributed by atoms with Gasteiger partial charge < -0.3 is 14.8 Å². The van der Waals surface area contributed by atoms with E-state index in [1.807, 2.05) is 0 Å². The second-order valence-corrected chi connectivity index (χ2v) is 4.74. The fraction of sp³-hybridized carbons (Fsp3) is 0.583. The molecule has 0 spiro atoms. The summed E-state index contributed by atoms with van der Waals surface area (Å²) in [5.74, 6) is -0.476. The van der Waals surface area contributed by atoms with Crippen molar-refractivity contribution in [2.45, 2.75) is 31.9 Å². The van der Waals surface area contributed by atoms with Crippen LogP contribution in [0.25, 0.3) is 0 Å². The molecule has 1 aliphatic heterocycles. The lowest BCUT2D eigenvalue weighted by Crippen LogP contribution is -2.26. The van der Waals surface area contributed by atoms with Crippen molar-refractivity contribution in [1.29, 1.82) is 0 Å². The Labute approximate surface area is 108 Å². The molecule has 0 amide bonds. The largest absolute Gasteiger partial charge is 0.433 e. The molecule has 1 saturated heterocycles. The lowest BCUT2D eigenvalue weighted by Gasteiger charge is -2.17. The number of halogens is 3. The number of hydrogen-bond acceptors (Lipinski definition) is 4. The van der Waals surface area contributed by atoms with Crippen molar-refractivity contribution in [3.63, 3.8) is 0 Å². The van der Waals surface area contributed by atoms with Crippen molar-refractivity contribution >= 4 is 5.82 Å². The smallest absolute Gasteiger partial charge is 0.367 e. The predicted octanol–water partition coefficient (Wildman–Crippen LogP) is 2.66. The number of pyridine rings is 1. The second-order valence-electron chi connectivity index (χ2n) is 4.74. The summed E-state index contributed by atoms with van der Waals surface area (Å²) in [5, 5.41) is 2.82. The summed E-state index contributed by atoms with van der Waals surface area (Å²) in [6.07, 6.45) is -4.64. The van der Waals surface area contributed by atoms with Gasteiger partial charge in [-0.25, -0.2) is 4.98 Å². The number of anilines is 1. The van der Waals surface area contributed by atoms with Gasteiger partial charge in [0.05, 0.1) is 6.61 Å². The maximum atomic E-state index is 12.5. The summed E-state index contributed by atoms with van der Waals surface area (Å²) < 4.78 is 48.3. The van der Waals surface area contributed by atoms with E-state index in [1.165, 1.54) is 12.1 Å². The highest BCUT2D eigenvalue weighted by Gasteiger charge is 2.33. The number of alkyl halides is 3. The Morgan fingerprint density at radius 1 is 1.42 bits per heavy atom. The molecule has 2 heterocycles. The molecule has 2 rings (SSSR count). The minimum atomic E-state index is -4.44. The molecule has 7 heteroatoms. The number of nitrogens with one attached hydrogen (secondary N) is 1. The van der Waals surface area contributed by atoms with E-state index in [9.17, 15) is 13.2 Å². The van der Waals surface area contributed by atoms with E-state index in [2.05, 4.69) is 10.3 Å². The number of ether oxygens (including phenoxy) is 2. The van der Waals surface area contributed by atoms with Gasteiger partial charge in [-0.15, -0.1) is 0 Å². The van der Waals surface area contributed by atoms with Crippen molar-refractivity contribution in [2.24, 2.45) is 0 Å². The Kier molecular flexibility index (Phi) is 3.69. The zero-order valence-electron chi connectivity index (χ0n) is 10.6. The predicted molar refractivity (Wildman–Crippen MR) is 62.6 cm³/mol. The van der Waals surface area contributed by atoms with Crippen LogP contribution in [0.1, 0.15) is 19.5 Å². The SMILES string of the molecule is CC1(C)OCC(CNc2cccc(C(F)(F)F)n2)O1. The van der Waals surface area contributed by atoms with Gasteiger partial charge in [-0.3, -0.25) is 0 Å². The molecular formula is C12H15F3N2O2. The highest BCUT2D eigenvalue weighted by Crippen LogP contribution is 2.28. The van der Waals surface area contributed by atoms with Crippen LogP contribution in [0.3, 0.4) is 0 Å². The fourth-order valence-electron chi connectivity index (χ4n) is 1.77. The molecule has 1 aliphatic rings. The first-order valence-corrected chi connectivity index (χ1v) is 5.86. The average molecular weight is 276 g/mol. The number of hydrogen-bond donors (Lipinski definition) is 1. The number of rotatable bonds is 3. The van der Waals surface area contributed by atoms with E-state index in [0.717, 1.165) is 6.07 Å². The van der Waals surface area contributed by atoms with Crippen LogP contribution < -0.4 is 5.32 Å². The highest BCUT2D eigenvalue weighted by molar-refractivity contribution is 5.36. The average Bonchev–Trinajstić information content (AvgIpc) is 2.66. The van der Waals surface area contributed by atoms with Gasteiger partial charge in [0.1, 0.15) is 17.6 Å². The lowest BCUT2D eigenvalue weighted by molar-refractivity contribution is -0.141.